The molecule has 1 atom stereocenters. The Hall–Kier alpha value is -1.67. The molecule has 2 nitrogen and oxygen atoms in total. The Bertz CT molecular complexity index is 454. The summed E-state index contributed by atoms with van der Waals surface area (Å²) in [7, 11) is 0. The highest BCUT2D eigenvalue weighted by Crippen LogP contribution is 2.20. The van der Waals surface area contributed by atoms with Crippen molar-refractivity contribution < 1.29 is 0 Å². The van der Waals surface area contributed by atoms with Crippen LogP contribution in [0.25, 0.3) is 0 Å². The van der Waals surface area contributed by atoms with E-state index in [1.165, 1.54) is 24.8 Å². The van der Waals surface area contributed by atoms with Gasteiger partial charge in [0.2, 0.25) is 0 Å². The minimum Gasteiger partial charge on any atom is -0.305 e. The van der Waals surface area contributed by atoms with Crippen LogP contribution < -0.4 is 5.32 Å². The smallest absolute Gasteiger partial charge is 0.0751 e. The van der Waals surface area contributed by atoms with Crippen LogP contribution in [0.4, 0.5) is 0 Å². The highest BCUT2D eigenvalue weighted by Gasteiger charge is 2.13. The first-order valence-electron chi connectivity index (χ1n) is 7.96. The first kappa shape index (κ1) is 15.7. The van der Waals surface area contributed by atoms with E-state index in [9.17, 15) is 0 Å². The molecule has 0 bridgehead atoms. The molecule has 1 N–H and O–H groups in total. The van der Waals surface area contributed by atoms with Gasteiger partial charge in [0.25, 0.3) is 0 Å². The molecule has 0 spiro atoms. The number of hydrogen-bond acceptors (Lipinski definition) is 2. The summed E-state index contributed by atoms with van der Waals surface area (Å²) in [6.07, 6.45) is 5.68. The van der Waals surface area contributed by atoms with Gasteiger partial charge in [0.1, 0.15) is 0 Å². The van der Waals surface area contributed by atoms with Crippen molar-refractivity contribution in [1.29, 1.82) is 0 Å². The molecule has 1 aromatic heterocycles. The zero-order chi connectivity index (χ0) is 14.9. The van der Waals surface area contributed by atoms with Crippen LogP contribution in [0.15, 0.2) is 54.7 Å². The number of aromatic nitrogens is 1. The lowest BCUT2D eigenvalue weighted by atomic mass is 10.0. The summed E-state index contributed by atoms with van der Waals surface area (Å²) in [4.78, 5) is 4.52. The lowest BCUT2D eigenvalue weighted by Gasteiger charge is -2.19. The zero-order valence-corrected chi connectivity index (χ0v) is 13.1. The minimum atomic E-state index is 0.187. The second-order valence-electron chi connectivity index (χ2n) is 5.94. The Balaban J connectivity index is 1.97. The molecule has 1 unspecified atom stereocenters. The van der Waals surface area contributed by atoms with Crippen LogP contribution in [0.1, 0.15) is 50.4 Å². The maximum Gasteiger partial charge on any atom is 0.0751 e. The van der Waals surface area contributed by atoms with E-state index < -0.39 is 0 Å². The van der Waals surface area contributed by atoms with Crippen molar-refractivity contribution in [2.45, 2.75) is 39.2 Å². The molecule has 0 aliphatic heterocycles. The van der Waals surface area contributed by atoms with Gasteiger partial charge in [-0.1, -0.05) is 63.1 Å². The molecule has 0 radical (unpaired) electrons. The SMILES string of the molecule is CC(C)CCCCNC(c1ccccc1)c1ccccn1. The van der Waals surface area contributed by atoms with Gasteiger partial charge >= 0.3 is 0 Å². The maximum absolute atomic E-state index is 4.52. The van der Waals surface area contributed by atoms with Crippen LogP contribution in [0.5, 0.6) is 0 Å². The van der Waals surface area contributed by atoms with Gasteiger partial charge in [-0.15, -0.1) is 0 Å². The fourth-order valence-electron chi connectivity index (χ4n) is 2.51. The van der Waals surface area contributed by atoms with E-state index in [1.807, 2.05) is 12.3 Å². The quantitative estimate of drug-likeness (QED) is 0.716. The van der Waals surface area contributed by atoms with Gasteiger partial charge in [-0.25, -0.2) is 0 Å². The van der Waals surface area contributed by atoms with Crippen molar-refractivity contribution in [1.82, 2.24) is 10.3 Å². The first-order chi connectivity index (χ1) is 10.3. The van der Waals surface area contributed by atoms with Crippen molar-refractivity contribution in [2.75, 3.05) is 6.54 Å². The predicted molar refractivity (Wildman–Crippen MR) is 89.2 cm³/mol. The summed E-state index contributed by atoms with van der Waals surface area (Å²) in [6, 6.07) is 16.9. The Labute approximate surface area is 128 Å². The summed E-state index contributed by atoms with van der Waals surface area (Å²) in [6.45, 7) is 5.60. The molecular formula is C19H26N2. The van der Waals surface area contributed by atoms with E-state index in [2.05, 4.69) is 66.6 Å². The molecule has 0 fully saturated rings. The fourth-order valence-corrected chi connectivity index (χ4v) is 2.51. The van der Waals surface area contributed by atoms with Crippen LogP contribution in [0, 0.1) is 5.92 Å². The number of pyridine rings is 1. The molecule has 0 aliphatic carbocycles. The monoisotopic (exact) mass is 282 g/mol. The van der Waals surface area contributed by atoms with Gasteiger partial charge < -0.3 is 5.32 Å². The number of nitrogens with one attached hydrogen (secondary N) is 1. The Kier molecular flexibility index (Phi) is 6.42. The van der Waals surface area contributed by atoms with Gasteiger partial charge in [-0.05, 0) is 36.6 Å². The number of benzene rings is 1. The lowest BCUT2D eigenvalue weighted by molar-refractivity contribution is 0.503. The second-order valence-corrected chi connectivity index (χ2v) is 5.94. The molecule has 1 heterocycles. The molecule has 0 saturated carbocycles. The molecule has 0 aliphatic rings. The van der Waals surface area contributed by atoms with E-state index in [4.69, 9.17) is 0 Å². The molecular weight excluding hydrogens is 256 g/mol. The van der Waals surface area contributed by atoms with Gasteiger partial charge in [0.15, 0.2) is 0 Å². The normalized spacial score (nSPS) is 12.5. The van der Waals surface area contributed by atoms with Crippen molar-refractivity contribution in [3.05, 3.63) is 66.0 Å². The summed E-state index contributed by atoms with van der Waals surface area (Å²) in [5, 5.41) is 3.66. The topological polar surface area (TPSA) is 24.9 Å². The standard InChI is InChI=1S/C19H26N2/c1-16(2)10-6-8-15-21-19(17-11-4-3-5-12-17)18-13-7-9-14-20-18/h3-5,7,9,11-14,16,19,21H,6,8,10,15H2,1-2H3. The van der Waals surface area contributed by atoms with Gasteiger partial charge in [-0.2, -0.15) is 0 Å². The van der Waals surface area contributed by atoms with Gasteiger partial charge in [0, 0.05) is 6.20 Å². The van der Waals surface area contributed by atoms with Crippen molar-refractivity contribution in [2.24, 2.45) is 5.92 Å². The largest absolute Gasteiger partial charge is 0.305 e. The Morgan fingerprint density at radius 1 is 0.952 bits per heavy atom. The molecule has 0 amide bonds. The first-order valence-corrected chi connectivity index (χ1v) is 7.96. The molecule has 2 aromatic rings. The van der Waals surface area contributed by atoms with Gasteiger partial charge in [-0.3, -0.25) is 4.98 Å². The third kappa shape index (κ3) is 5.31. The lowest BCUT2D eigenvalue weighted by Crippen LogP contribution is -2.24. The van der Waals surface area contributed by atoms with E-state index >= 15 is 0 Å². The van der Waals surface area contributed by atoms with Crippen LogP contribution in [-0.4, -0.2) is 11.5 Å². The van der Waals surface area contributed by atoms with Gasteiger partial charge in [0.05, 0.1) is 11.7 Å². The summed E-state index contributed by atoms with van der Waals surface area (Å²) < 4.78 is 0. The third-order valence-electron chi connectivity index (χ3n) is 3.67. The number of hydrogen-bond donors (Lipinski definition) is 1. The third-order valence-corrected chi connectivity index (χ3v) is 3.67. The van der Waals surface area contributed by atoms with Crippen molar-refractivity contribution in [3.8, 4) is 0 Å². The molecule has 1 aromatic carbocycles. The zero-order valence-electron chi connectivity index (χ0n) is 13.1. The molecule has 21 heavy (non-hydrogen) atoms. The van der Waals surface area contributed by atoms with Crippen molar-refractivity contribution in [3.63, 3.8) is 0 Å². The molecule has 2 rings (SSSR count). The van der Waals surface area contributed by atoms with Crippen molar-refractivity contribution >= 4 is 0 Å². The Morgan fingerprint density at radius 2 is 1.71 bits per heavy atom. The molecule has 112 valence electrons. The average molecular weight is 282 g/mol. The van der Waals surface area contributed by atoms with E-state index in [0.29, 0.717) is 0 Å². The van der Waals surface area contributed by atoms with E-state index in [0.717, 1.165) is 18.2 Å². The number of rotatable bonds is 8. The van der Waals surface area contributed by atoms with E-state index in [-0.39, 0.29) is 6.04 Å². The summed E-state index contributed by atoms with van der Waals surface area (Å²) in [5.74, 6) is 0.797. The summed E-state index contributed by atoms with van der Waals surface area (Å²) >= 11 is 0. The number of nitrogens with zero attached hydrogens (tertiary/aromatic N) is 1. The number of unbranched alkanes of at least 4 members (excludes halogenated alkanes) is 1. The Morgan fingerprint density at radius 3 is 2.38 bits per heavy atom. The maximum atomic E-state index is 4.52. The average Bonchev–Trinajstić information content (AvgIpc) is 2.52. The second kappa shape index (κ2) is 8.58. The fraction of sp³-hybridized carbons (Fsp3) is 0.421. The molecule has 2 heteroatoms. The van der Waals surface area contributed by atoms with Crippen LogP contribution >= 0.6 is 0 Å². The predicted octanol–water partition coefficient (Wildman–Crippen LogP) is 4.59. The van der Waals surface area contributed by atoms with Crippen LogP contribution in [0.2, 0.25) is 0 Å². The summed E-state index contributed by atoms with van der Waals surface area (Å²) in [5.41, 5.74) is 2.37. The van der Waals surface area contributed by atoms with Crippen LogP contribution in [0.3, 0.4) is 0 Å². The minimum absolute atomic E-state index is 0.187. The highest BCUT2D eigenvalue weighted by atomic mass is 14.9. The van der Waals surface area contributed by atoms with Crippen LogP contribution in [-0.2, 0) is 0 Å². The highest BCUT2D eigenvalue weighted by molar-refractivity contribution is 5.27. The van der Waals surface area contributed by atoms with E-state index in [1.54, 1.807) is 0 Å². The molecule has 0 saturated heterocycles.